The maximum Gasteiger partial charge on any atom is 0.479 e. The van der Waals surface area contributed by atoms with Crippen LogP contribution < -0.4 is 5.73 Å². The monoisotopic (exact) mass is 915 g/mol. The zero-order valence-corrected chi connectivity index (χ0v) is 44.7. The van der Waals surface area contributed by atoms with Gasteiger partial charge in [-0.2, -0.15) is 0 Å². The molecule has 8 bridgehead atoms. The van der Waals surface area contributed by atoms with Crippen LogP contribution >= 0.6 is 0 Å². The van der Waals surface area contributed by atoms with Crippen LogP contribution in [0.2, 0.25) is 48.4 Å². The Hall–Kier alpha value is 1.22. The predicted molar refractivity (Wildman–Crippen MR) is 229 cm³/mol. The van der Waals surface area contributed by atoms with Crippen molar-refractivity contribution in [1.82, 2.24) is 0 Å². The van der Waals surface area contributed by atoms with Gasteiger partial charge in [0.1, 0.15) is 0 Å². The first-order valence-corrected chi connectivity index (χ1v) is 37.0. The fourth-order valence-electron chi connectivity index (χ4n) is 8.71. The molecular formula is C34H77NO12Si8. The Morgan fingerprint density at radius 2 is 0.455 bits per heavy atom. The predicted octanol–water partition coefficient (Wildman–Crippen LogP) is 8.88. The second-order valence-corrected chi connectivity index (χ2v) is 43.9. The molecule has 13 nitrogen and oxygen atoms in total. The standard InChI is InChI=1S/C34H77NO12Si8/c1-28(2)21-49-36-48(20-18-16-15-17-19-35)37-50(22-29(3)4)41-52(39-49,24-31(7)8)45-55(27-34(13)14)46-53(40-49,25-32(9)10)42-51(38-48,23-30(5)6)44-54(43-50,47-55)26-33(11)12/h28-34H,15-27,35H2,1-14H3. The van der Waals surface area contributed by atoms with Gasteiger partial charge in [0.15, 0.2) is 0 Å². The lowest BCUT2D eigenvalue weighted by Crippen LogP contribution is -2.88. The highest BCUT2D eigenvalue weighted by Crippen LogP contribution is 2.56. The summed E-state index contributed by atoms with van der Waals surface area (Å²) in [4.78, 5) is 0. The summed E-state index contributed by atoms with van der Waals surface area (Å²) in [7, 11) is -31.0. The molecule has 0 aromatic rings. The van der Waals surface area contributed by atoms with Crippen molar-refractivity contribution >= 4 is 70.4 Å². The normalized spacial score (nSPS) is 40.3. The van der Waals surface area contributed by atoms with Gasteiger partial charge in [-0.15, -0.1) is 0 Å². The molecule has 0 saturated carbocycles. The highest BCUT2D eigenvalue weighted by atomic mass is 28.6. The Bertz CT molecular complexity index is 1130. The first kappa shape index (κ1) is 47.3. The molecule has 2 N–H and O–H groups in total. The Morgan fingerprint density at radius 1 is 0.273 bits per heavy atom. The molecule has 0 aliphatic carbocycles. The average Bonchev–Trinajstić information content (AvgIpc) is 2.90. The Labute approximate surface area is 342 Å². The molecule has 0 radical (unpaired) electrons. The van der Waals surface area contributed by atoms with Gasteiger partial charge in [0.2, 0.25) is 0 Å². The smallest absolute Gasteiger partial charge is 0.373 e. The summed E-state index contributed by atoms with van der Waals surface area (Å²) >= 11 is 0. The van der Waals surface area contributed by atoms with Gasteiger partial charge in [-0.25, -0.2) is 0 Å². The van der Waals surface area contributed by atoms with Crippen LogP contribution in [0.15, 0.2) is 0 Å². The van der Waals surface area contributed by atoms with Crippen LogP contribution in [0, 0.1) is 41.4 Å². The number of rotatable bonds is 20. The molecule has 6 heterocycles. The molecule has 21 heteroatoms. The highest BCUT2D eigenvalue weighted by molar-refractivity contribution is 7.03. The zero-order valence-electron chi connectivity index (χ0n) is 36.7. The van der Waals surface area contributed by atoms with Gasteiger partial charge in [-0.05, 0) is 60.8 Å². The van der Waals surface area contributed by atoms with Crippen LogP contribution in [-0.2, 0) is 49.4 Å². The van der Waals surface area contributed by atoms with Gasteiger partial charge in [-0.1, -0.05) is 110 Å². The summed E-state index contributed by atoms with van der Waals surface area (Å²) in [5.74, 6) is 0.987. The van der Waals surface area contributed by atoms with E-state index in [1.165, 1.54) is 0 Å². The summed E-state index contributed by atoms with van der Waals surface area (Å²) in [6, 6.07) is 4.07. The van der Waals surface area contributed by atoms with E-state index < -0.39 is 70.4 Å². The first-order chi connectivity index (χ1) is 25.5. The second kappa shape index (κ2) is 17.9. The zero-order chi connectivity index (χ0) is 40.7. The summed E-state index contributed by atoms with van der Waals surface area (Å²) in [6.45, 7) is 31.2. The van der Waals surface area contributed by atoms with Gasteiger partial charge in [0, 0.05) is 48.4 Å². The second-order valence-electron chi connectivity index (χ2n) is 19.8. The van der Waals surface area contributed by atoms with Gasteiger partial charge in [-0.3, -0.25) is 0 Å². The van der Waals surface area contributed by atoms with Crippen molar-refractivity contribution in [2.45, 2.75) is 171 Å². The van der Waals surface area contributed by atoms with Gasteiger partial charge in [0.25, 0.3) is 0 Å². The van der Waals surface area contributed by atoms with E-state index in [4.69, 9.17) is 55.1 Å². The third-order valence-electron chi connectivity index (χ3n) is 9.78. The van der Waals surface area contributed by atoms with Crippen LogP contribution in [0.5, 0.6) is 0 Å². The highest BCUT2D eigenvalue weighted by Gasteiger charge is 2.83. The number of hydrogen-bond donors (Lipinski definition) is 1. The first-order valence-electron chi connectivity index (χ1n) is 21.6. The average molecular weight is 917 g/mol. The molecule has 6 aliphatic rings. The number of unbranched alkanes of at least 4 members (excludes halogenated alkanes) is 3. The largest absolute Gasteiger partial charge is 0.479 e. The van der Waals surface area contributed by atoms with Crippen molar-refractivity contribution in [2.24, 2.45) is 47.2 Å². The third kappa shape index (κ3) is 11.6. The molecule has 0 unspecified atom stereocenters. The number of nitrogens with two attached hydrogens (primary N) is 1. The van der Waals surface area contributed by atoms with E-state index in [2.05, 4.69) is 96.9 Å². The molecule has 55 heavy (non-hydrogen) atoms. The molecule has 6 fully saturated rings. The van der Waals surface area contributed by atoms with Crippen molar-refractivity contribution in [3.63, 3.8) is 0 Å². The molecular weight excluding hydrogens is 839 g/mol. The molecule has 0 atom stereocenters. The van der Waals surface area contributed by atoms with Gasteiger partial charge >= 0.3 is 70.4 Å². The lowest BCUT2D eigenvalue weighted by atomic mass is 10.2. The molecule has 6 aliphatic heterocycles. The van der Waals surface area contributed by atoms with Gasteiger partial charge in [0.05, 0.1) is 0 Å². The van der Waals surface area contributed by atoms with Crippen LogP contribution in [0.25, 0.3) is 0 Å². The lowest BCUT2D eigenvalue weighted by molar-refractivity contribution is -0.0341. The molecule has 0 aromatic carbocycles. The number of hydrogen-bond acceptors (Lipinski definition) is 13. The molecule has 0 aromatic heterocycles. The topological polar surface area (TPSA) is 137 Å². The molecule has 322 valence electrons. The van der Waals surface area contributed by atoms with E-state index in [0.717, 1.165) is 25.7 Å². The maximum absolute atomic E-state index is 7.82. The Kier molecular flexibility index (Phi) is 15.4. The minimum Gasteiger partial charge on any atom is -0.373 e. The van der Waals surface area contributed by atoms with E-state index in [1.54, 1.807) is 0 Å². The van der Waals surface area contributed by atoms with E-state index in [9.17, 15) is 0 Å². The summed E-state index contributed by atoms with van der Waals surface area (Å²) < 4.78 is 93.5. The molecule has 6 saturated heterocycles. The van der Waals surface area contributed by atoms with Crippen molar-refractivity contribution < 1.29 is 49.4 Å². The van der Waals surface area contributed by atoms with Crippen LogP contribution in [0.1, 0.15) is 123 Å². The van der Waals surface area contributed by atoms with Gasteiger partial charge < -0.3 is 55.1 Å². The van der Waals surface area contributed by atoms with Crippen LogP contribution in [0.4, 0.5) is 0 Å². The van der Waals surface area contributed by atoms with Crippen molar-refractivity contribution in [3.8, 4) is 0 Å². The van der Waals surface area contributed by atoms with E-state index in [0.29, 0.717) is 54.9 Å². The van der Waals surface area contributed by atoms with Crippen LogP contribution in [-0.4, -0.2) is 77.0 Å². The fourth-order valence-corrected chi connectivity index (χ4v) is 60.4. The van der Waals surface area contributed by atoms with Crippen molar-refractivity contribution in [3.05, 3.63) is 0 Å². The summed E-state index contributed by atoms with van der Waals surface area (Å²) in [5, 5.41) is 0. The van der Waals surface area contributed by atoms with Crippen molar-refractivity contribution in [1.29, 1.82) is 0 Å². The third-order valence-corrected chi connectivity index (χ3v) is 49.8. The van der Waals surface area contributed by atoms with Crippen molar-refractivity contribution in [2.75, 3.05) is 6.54 Å². The summed E-state index contributed by atoms with van der Waals surface area (Å²) in [5.41, 5.74) is 5.93. The van der Waals surface area contributed by atoms with E-state index in [1.807, 2.05) is 0 Å². The molecule has 0 amide bonds. The SMILES string of the molecule is CC(C)C[Si]12O[Si]3(CCCCCCN)O[Si]4(CC(C)C)O[Si](CC(C)C)(O1)O[Si]1(CC(C)C)O[Si](CC(C)C)(O2)O[Si](CC(C)C)(O3)O[Si](CC(C)C)(O4)O1. The lowest BCUT2D eigenvalue weighted by Gasteiger charge is -2.64. The molecule has 6 rings (SSSR count). The van der Waals surface area contributed by atoms with Crippen LogP contribution in [0.3, 0.4) is 0 Å². The quantitative estimate of drug-likeness (QED) is 0.0921. The minimum atomic E-state index is -3.88. The maximum atomic E-state index is 7.82. The minimum absolute atomic E-state index is 0.140. The fraction of sp³-hybridized carbons (Fsp3) is 1.00. The molecule has 0 spiro atoms. The van der Waals surface area contributed by atoms with E-state index >= 15 is 0 Å². The summed E-state index contributed by atoms with van der Waals surface area (Å²) in [6.07, 6.45) is 3.72. The Balaban J connectivity index is 1.92. The van der Waals surface area contributed by atoms with E-state index in [-0.39, 0.29) is 41.4 Å². The Morgan fingerprint density at radius 3 is 0.636 bits per heavy atom.